The van der Waals surface area contributed by atoms with Gasteiger partial charge < -0.3 is 14.8 Å². The van der Waals surface area contributed by atoms with E-state index in [9.17, 15) is 4.79 Å². The zero-order chi connectivity index (χ0) is 22.3. The molecule has 8 heteroatoms. The highest BCUT2D eigenvalue weighted by Crippen LogP contribution is 2.31. The van der Waals surface area contributed by atoms with Gasteiger partial charge in [0, 0.05) is 11.3 Å². The van der Waals surface area contributed by atoms with Crippen LogP contribution in [0.15, 0.2) is 72.8 Å². The Morgan fingerprint density at radius 2 is 1.78 bits per heavy atom. The fraction of sp³-hybridized carbons (Fsp3) is 0.167. The first-order valence-electron chi connectivity index (χ1n) is 10.1. The van der Waals surface area contributed by atoms with Gasteiger partial charge in [-0.15, -0.1) is 10.2 Å². The van der Waals surface area contributed by atoms with Gasteiger partial charge >= 0.3 is 0 Å². The van der Waals surface area contributed by atoms with Crippen molar-refractivity contribution in [2.24, 2.45) is 0 Å². The first kappa shape index (κ1) is 21.0. The topological polar surface area (TPSA) is 91.2 Å². The molecule has 3 aromatic carbocycles. The van der Waals surface area contributed by atoms with E-state index in [0.717, 1.165) is 16.8 Å². The van der Waals surface area contributed by atoms with E-state index < -0.39 is 0 Å². The number of aryl methyl sites for hydroxylation is 1. The largest absolute Gasteiger partial charge is 0.493 e. The molecule has 8 nitrogen and oxygen atoms in total. The van der Waals surface area contributed by atoms with E-state index in [-0.39, 0.29) is 12.5 Å². The number of rotatable bonds is 8. The average molecular weight is 429 g/mol. The lowest BCUT2D eigenvalue weighted by Gasteiger charge is -2.11. The van der Waals surface area contributed by atoms with E-state index in [1.807, 2.05) is 73.7 Å². The molecule has 0 aliphatic rings. The highest BCUT2D eigenvalue weighted by molar-refractivity contribution is 5.91. The number of tetrazole rings is 1. The van der Waals surface area contributed by atoms with Crippen LogP contribution in [-0.4, -0.2) is 33.2 Å². The van der Waals surface area contributed by atoms with Gasteiger partial charge in [0.25, 0.3) is 0 Å². The minimum Gasteiger partial charge on any atom is -0.493 e. The quantitative estimate of drug-likeness (QED) is 0.457. The maximum atomic E-state index is 12.3. The predicted octanol–water partition coefficient (Wildman–Crippen LogP) is 3.87. The van der Waals surface area contributed by atoms with Gasteiger partial charge in [0.1, 0.15) is 13.2 Å². The lowest BCUT2D eigenvalue weighted by atomic mass is 10.2. The lowest BCUT2D eigenvalue weighted by molar-refractivity contribution is -0.117. The number of para-hydroxylation sites is 1. The van der Waals surface area contributed by atoms with Gasteiger partial charge in [-0.25, -0.2) is 0 Å². The SMILES string of the molecule is COc1cc(-c2nnn(CC(=O)Nc3ccccc3C)n2)ccc1OCc1ccccc1. The molecule has 4 rings (SSSR count). The van der Waals surface area contributed by atoms with Crippen molar-refractivity contribution in [3.8, 4) is 22.9 Å². The monoisotopic (exact) mass is 429 g/mol. The number of nitrogens with one attached hydrogen (secondary N) is 1. The molecule has 1 heterocycles. The number of hydrogen-bond donors (Lipinski definition) is 1. The first-order chi connectivity index (χ1) is 15.6. The summed E-state index contributed by atoms with van der Waals surface area (Å²) >= 11 is 0. The van der Waals surface area contributed by atoms with E-state index >= 15 is 0 Å². The van der Waals surface area contributed by atoms with Gasteiger partial charge in [0.15, 0.2) is 11.5 Å². The van der Waals surface area contributed by atoms with E-state index in [1.165, 1.54) is 4.80 Å². The molecule has 162 valence electrons. The number of ether oxygens (including phenoxy) is 2. The second kappa shape index (κ2) is 9.74. The smallest absolute Gasteiger partial charge is 0.248 e. The van der Waals surface area contributed by atoms with Crippen molar-refractivity contribution >= 4 is 11.6 Å². The van der Waals surface area contributed by atoms with Crippen molar-refractivity contribution in [3.05, 3.63) is 83.9 Å². The highest BCUT2D eigenvalue weighted by atomic mass is 16.5. The summed E-state index contributed by atoms with van der Waals surface area (Å²) in [5.74, 6) is 1.34. The molecule has 1 aromatic heterocycles. The highest BCUT2D eigenvalue weighted by Gasteiger charge is 2.13. The van der Waals surface area contributed by atoms with Crippen LogP contribution in [0.1, 0.15) is 11.1 Å². The van der Waals surface area contributed by atoms with Crippen molar-refractivity contribution in [2.75, 3.05) is 12.4 Å². The maximum Gasteiger partial charge on any atom is 0.248 e. The molecular weight excluding hydrogens is 406 g/mol. The van der Waals surface area contributed by atoms with Gasteiger partial charge in [-0.2, -0.15) is 4.80 Å². The standard InChI is InChI=1S/C24H23N5O3/c1-17-8-6-7-11-20(17)25-23(30)15-29-27-24(26-28-29)19-12-13-21(22(14-19)31-2)32-16-18-9-4-3-5-10-18/h3-14H,15-16H2,1-2H3,(H,25,30). The van der Waals surface area contributed by atoms with E-state index in [1.54, 1.807) is 13.2 Å². The summed E-state index contributed by atoms with van der Waals surface area (Å²) in [5, 5.41) is 15.2. The Morgan fingerprint density at radius 3 is 2.56 bits per heavy atom. The van der Waals surface area contributed by atoms with Crippen LogP contribution >= 0.6 is 0 Å². The summed E-state index contributed by atoms with van der Waals surface area (Å²) in [4.78, 5) is 13.6. The molecule has 0 bridgehead atoms. The number of carbonyl (C=O) groups excluding carboxylic acids is 1. The molecule has 1 N–H and O–H groups in total. The second-order valence-corrected chi connectivity index (χ2v) is 7.15. The Morgan fingerprint density at radius 1 is 1.00 bits per heavy atom. The number of benzene rings is 3. The fourth-order valence-electron chi connectivity index (χ4n) is 3.12. The molecule has 4 aromatic rings. The molecule has 0 spiro atoms. The normalized spacial score (nSPS) is 10.6. The molecule has 0 radical (unpaired) electrons. The number of hydrogen-bond acceptors (Lipinski definition) is 6. The van der Waals surface area contributed by atoms with Crippen LogP contribution in [0.2, 0.25) is 0 Å². The summed E-state index contributed by atoms with van der Waals surface area (Å²) in [7, 11) is 1.58. The molecule has 0 fully saturated rings. The van der Waals surface area contributed by atoms with Crippen LogP contribution in [0.25, 0.3) is 11.4 Å². The van der Waals surface area contributed by atoms with Gasteiger partial charge in [0.2, 0.25) is 11.7 Å². The molecule has 0 aliphatic heterocycles. The number of carbonyl (C=O) groups is 1. The summed E-state index contributed by atoms with van der Waals surface area (Å²) in [6.07, 6.45) is 0. The molecule has 0 unspecified atom stereocenters. The van der Waals surface area contributed by atoms with Crippen LogP contribution in [0, 0.1) is 6.92 Å². The van der Waals surface area contributed by atoms with Crippen molar-refractivity contribution in [1.82, 2.24) is 20.2 Å². The fourth-order valence-corrected chi connectivity index (χ4v) is 3.12. The van der Waals surface area contributed by atoms with Gasteiger partial charge in [-0.3, -0.25) is 4.79 Å². The van der Waals surface area contributed by atoms with Crippen LogP contribution < -0.4 is 14.8 Å². The van der Waals surface area contributed by atoms with Crippen LogP contribution in [0.3, 0.4) is 0 Å². The molecule has 0 atom stereocenters. The van der Waals surface area contributed by atoms with Crippen molar-refractivity contribution in [1.29, 1.82) is 0 Å². The molecule has 32 heavy (non-hydrogen) atoms. The lowest BCUT2D eigenvalue weighted by Crippen LogP contribution is -2.20. The number of methoxy groups -OCH3 is 1. The summed E-state index contributed by atoms with van der Waals surface area (Å²) < 4.78 is 11.4. The number of aromatic nitrogens is 4. The Kier molecular flexibility index (Phi) is 6.41. The average Bonchev–Trinajstić information content (AvgIpc) is 3.28. The van der Waals surface area contributed by atoms with Gasteiger partial charge in [-0.05, 0) is 47.5 Å². The predicted molar refractivity (Wildman–Crippen MR) is 120 cm³/mol. The third-order valence-corrected chi connectivity index (χ3v) is 4.82. The van der Waals surface area contributed by atoms with E-state index in [4.69, 9.17) is 9.47 Å². The van der Waals surface area contributed by atoms with Crippen molar-refractivity contribution in [2.45, 2.75) is 20.1 Å². The van der Waals surface area contributed by atoms with Gasteiger partial charge in [-0.1, -0.05) is 48.5 Å². The maximum absolute atomic E-state index is 12.3. The zero-order valence-corrected chi connectivity index (χ0v) is 17.9. The Labute approximate surface area is 185 Å². The molecule has 0 saturated heterocycles. The minimum atomic E-state index is -0.231. The van der Waals surface area contributed by atoms with E-state index in [0.29, 0.717) is 29.5 Å². The Balaban J connectivity index is 1.42. The minimum absolute atomic E-state index is 0.0449. The molecular formula is C24H23N5O3. The van der Waals surface area contributed by atoms with Crippen LogP contribution in [0.5, 0.6) is 11.5 Å². The first-order valence-corrected chi connectivity index (χ1v) is 10.1. The Bertz CT molecular complexity index is 1210. The second-order valence-electron chi connectivity index (χ2n) is 7.15. The van der Waals surface area contributed by atoms with Gasteiger partial charge in [0.05, 0.1) is 7.11 Å². The Hall–Kier alpha value is -4.20. The number of anilines is 1. The molecule has 1 amide bonds. The van der Waals surface area contributed by atoms with Crippen molar-refractivity contribution in [3.63, 3.8) is 0 Å². The zero-order valence-electron chi connectivity index (χ0n) is 17.9. The summed E-state index contributed by atoms with van der Waals surface area (Å²) in [6, 6.07) is 22.9. The summed E-state index contributed by atoms with van der Waals surface area (Å²) in [5.41, 5.74) is 3.51. The third-order valence-electron chi connectivity index (χ3n) is 4.82. The van der Waals surface area contributed by atoms with Crippen LogP contribution in [-0.2, 0) is 17.9 Å². The molecule has 0 aliphatic carbocycles. The number of nitrogens with zero attached hydrogens (tertiary/aromatic N) is 4. The van der Waals surface area contributed by atoms with E-state index in [2.05, 4.69) is 20.7 Å². The third kappa shape index (κ3) is 5.10. The van der Waals surface area contributed by atoms with Crippen molar-refractivity contribution < 1.29 is 14.3 Å². The number of amides is 1. The summed E-state index contributed by atoms with van der Waals surface area (Å²) in [6.45, 7) is 2.32. The molecule has 0 saturated carbocycles. The van der Waals surface area contributed by atoms with Crippen LogP contribution in [0.4, 0.5) is 5.69 Å².